The van der Waals surface area contributed by atoms with Crippen LogP contribution in [0.5, 0.6) is 5.75 Å². The highest BCUT2D eigenvalue weighted by atomic mass is 16.5. The number of hydrogen-bond donors (Lipinski definition) is 1. The van der Waals surface area contributed by atoms with E-state index >= 15 is 0 Å². The molecule has 3 heterocycles. The number of carbonyl (C=O) groups excluding carboxylic acids is 4. The van der Waals surface area contributed by atoms with Gasteiger partial charge in [-0.2, -0.15) is 0 Å². The van der Waals surface area contributed by atoms with Gasteiger partial charge in [0.2, 0.25) is 0 Å². The van der Waals surface area contributed by atoms with Crippen LogP contribution in [0.4, 0.5) is 4.79 Å². The Balaban J connectivity index is 1.40. The van der Waals surface area contributed by atoms with Crippen molar-refractivity contribution in [3.05, 3.63) is 29.8 Å². The monoisotopic (exact) mass is 403 g/mol. The first-order valence-electron chi connectivity index (χ1n) is 9.39. The zero-order valence-corrected chi connectivity index (χ0v) is 15.7. The number of amides is 4. The van der Waals surface area contributed by atoms with E-state index in [1.165, 1.54) is 0 Å². The summed E-state index contributed by atoms with van der Waals surface area (Å²) in [5.74, 6) is -1.18. The van der Waals surface area contributed by atoms with Gasteiger partial charge in [-0.3, -0.25) is 19.3 Å². The van der Waals surface area contributed by atoms with Crippen molar-refractivity contribution < 1.29 is 33.4 Å². The molecule has 0 unspecified atom stereocenters. The van der Waals surface area contributed by atoms with Crippen molar-refractivity contribution in [3.8, 4) is 5.75 Å². The molecule has 1 aromatic rings. The molecular formula is C19H21N3O7. The van der Waals surface area contributed by atoms with Gasteiger partial charge in [0.1, 0.15) is 12.3 Å². The zero-order chi connectivity index (χ0) is 20.4. The smallest absolute Gasteiger partial charge is 0.326 e. The van der Waals surface area contributed by atoms with E-state index in [0.29, 0.717) is 37.6 Å². The summed E-state index contributed by atoms with van der Waals surface area (Å²) in [6, 6.07) is 6.30. The number of rotatable bonds is 4. The van der Waals surface area contributed by atoms with Crippen molar-refractivity contribution in [1.82, 2.24) is 15.1 Å². The molecule has 4 rings (SSSR count). The second-order valence-electron chi connectivity index (χ2n) is 6.98. The van der Waals surface area contributed by atoms with Gasteiger partial charge >= 0.3 is 12.0 Å². The summed E-state index contributed by atoms with van der Waals surface area (Å²) in [7, 11) is 0. The predicted octanol–water partition coefficient (Wildman–Crippen LogP) is -0.382. The molecule has 1 atom stereocenters. The van der Waals surface area contributed by atoms with Crippen molar-refractivity contribution in [2.24, 2.45) is 0 Å². The molecule has 29 heavy (non-hydrogen) atoms. The van der Waals surface area contributed by atoms with Gasteiger partial charge in [-0.15, -0.1) is 0 Å². The van der Waals surface area contributed by atoms with Gasteiger partial charge in [0.05, 0.1) is 19.8 Å². The number of nitrogens with zero attached hydrogens (tertiary/aromatic N) is 2. The largest absolute Gasteiger partial charge is 0.493 e. The second kappa shape index (κ2) is 7.70. The lowest BCUT2D eigenvalue weighted by molar-refractivity contribution is -0.155. The van der Waals surface area contributed by atoms with Crippen LogP contribution in [0.2, 0.25) is 0 Å². The molecule has 3 aliphatic heterocycles. The summed E-state index contributed by atoms with van der Waals surface area (Å²) in [6.45, 7) is 1.01. The minimum atomic E-state index is -1.25. The number of ether oxygens (including phenoxy) is 3. The normalized spacial score (nSPS) is 23.4. The van der Waals surface area contributed by atoms with E-state index in [0.717, 1.165) is 4.90 Å². The molecule has 2 saturated heterocycles. The topological polar surface area (TPSA) is 114 Å². The van der Waals surface area contributed by atoms with Crippen LogP contribution in [0.25, 0.3) is 0 Å². The van der Waals surface area contributed by atoms with Crippen LogP contribution in [-0.4, -0.2) is 79.7 Å². The average molecular weight is 403 g/mol. The molecule has 0 saturated carbocycles. The molecule has 0 aromatic heterocycles. The molecule has 154 valence electrons. The van der Waals surface area contributed by atoms with Crippen molar-refractivity contribution in [2.75, 3.05) is 46.1 Å². The van der Waals surface area contributed by atoms with E-state index < -0.39 is 36.6 Å². The van der Waals surface area contributed by atoms with Gasteiger partial charge < -0.3 is 24.4 Å². The van der Waals surface area contributed by atoms with Crippen molar-refractivity contribution in [1.29, 1.82) is 0 Å². The number of imide groups is 1. The fourth-order valence-electron chi connectivity index (χ4n) is 3.74. The number of morpholine rings is 1. The van der Waals surface area contributed by atoms with Crippen molar-refractivity contribution >= 4 is 23.8 Å². The minimum absolute atomic E-state index is 0.259. The molecule has 10 nitrogen and oxygen atoms in total. The lowest BCUT2D eigenvalue weighted by Gasteiger charge is -2.33. The van der Waals surface area contributed by atoms with Crippen molar-refractivity contribution in [3.63, 3.8) is 0 Å². The number of esters is 1. The Hall–Kier alpha value is -3.14. The van der Waals surface area contributed by atoms with E-state index in [9.17, 15) is 19.2 Å². The summed E-state index contributed by atoms with van der Waals surface area (Å²) in [4.78, 5) is 52.1. The highest BCUT2D eigenvalue weighted by molar-refractivity contribution is 6.09. The summed E-state index contributed by atoms with van der Waals surface area (Å²) in [5, 5.41) is 2.71. The van der Waals surface area contributed by atoms with E-state index in [2.05, 4.69) is 5.32 Å². The standard InChI is InChI=1S/C19H21N3O7/c23-15(21-6-9-27-10-7-21)12-29-16(24)11-22-17(25)19(20-18(22)26)5-8-28-14-4-2-1-3-13(14)19/h1-4H,5-12H2,(H,20,26)/t19-/m0/s1. The maximum absolute atomic E-state index is 13.1. The third kappa shape index (κ3) is 3.51. The van der Waals surface area contributed by atoms with Crippen LogP contribution in [-0.2, 0) is 29.4 Å². The number of para-hydroxylation sites is 1. The van der Waals surface area contributed by atoms with Crippen LogP contribution in [0, 0.1) is 0 Å². The summed E-state index contributed by atoms with van der Waals surface area (Å²) in [5.41, 5.74) is -0.696. The first kappa shape index (κ1) is 19.2. The van der Waals surface area contributed by atoms with Crippen LogP contribution in [0.15, 0.2) is 24.3 Å². The average Bonchev–Trinajstić information content (AvgIpc) is 2.97. The van der Waals surface area contributed by atoms with E-state index in [1.807, 2.05) is 0 Å². The second-order valence-corrected chi connectivity index (χ2v) is 6.98. The van der Waals surface area contributed by atoms with Gasteiger partial charge in [0.15, 0.2) is 12.1 Å². The summed E-state index contributed by atoms with van der Waals surface area (Å²) >= 11 is 0. The SMILES string of the molecule is O=C(CN1C(=O)N[C@]2(CCOc3ccccc32)C1=O)OCC(=O)N1CCOCC1. The highest BCUT2D eigenvalue weighted by Crippen LogP contribution is 2.40. The summed E-state index contributed by atoms with van der Waals surface area (Å²) in [6.07, 6.45) is 0.260. The highest BCUT2D eigenvalue weighted by Gasteiger charge is 2.55. The van der Waals surface area contributed by atoms with Crippen LogP contribution in [0.3, 0.4) is 0 Å². The quantitative estimate of drug-likeness (QED) is 0.538. The Kier molecular flexibility index (Phi) is 5.10. The minimum Gasteiger partial charge on any atom is -0.493 e. The van der Waals surface area contributed by atoms with Crippen LogP contribution in [0.1, 0.15) is 12.0 Å². The molecule has 0 bridgehead atoms. The third-order valence-electron chi connectivity index (χ3n) is 5.26. The fraction of sp³-hybridized carbons (Fsp3) is 0.474. The summed E-state index contributed by atoms with van der Waals surface area (Å²) < 4.78 is 15.7. The van der Waals surface area contributed by atoms with Crippen LogP contribution >= 0.6 is 0 Å². The first-order chi connectivity index (χ1) is 14.0. The maximum Gasteiger partial charge on any atom is 0.326 e. The lowest BCUT2D eigenvalue weighted by atomic mass is 9.84. The number of benzene rings is 1. The molecule has 1 aromatic carbocycles. The van der Waals surface area contributed by atoms with E-state index in [4.69, 9.17) is 14.2 Å². The van der Waals surface area contributed by atoms with Gasteiger partial charge in [0.25, 0.3) is 11.8 Å². The molecule has 0 radical (unpaired) electrons. The number of urea groups is 1. The number of fused-ring (bicyclic) bond motifs is 2. The molecule has 3 aliphatic rings. The van der Waals surface area contributed by atoms with Gasteiger partial charge in [0, 0.05) is 25.1 Å². The predicted molar refractivity (Wildman–Crippen MR) is 96.8 cm³/mol. The Morgan fingerprint density at radius 3 is 2.69 bits per heavy atom. The van der Waals surface area contributed by atoms with Crippen molar-refractivity contribution in [2.45, 2.75) is 12.0 Å². The Morgan fingerprint density at radius 1 is 1.14 bits per heavy atom. The molecular weight excluding hydrogens is 382 g/mol. The first-order valence-corrected chi connectivity index (χ1v) is 9.39. The number of nitrogens with one attached hydrogen (secondary N) is 1. The number of hydrogen-bond acceptors (Lipinski definition) is 7. The van der Waals surface area contributed by atoms with Crippen LogP contribution < -0.4 is 10.1 Å². The van der Waals surface area contributed by atoms with Gasteiger partial charge in [-0.25, -0.2) is 4.79 Å². The molecule has 4 amide bonds. The van der Waals surface area contributed by atoms with Gasteiger partial charge in [-0.05, 0) is 6.07 Å². The lowest BCUT2D eigenvalue weighted by Crippen LogP contribution is -2.48. The Bertz CT molecular complexity index is 852. The van der Waals surface area contributed by atoms with E-state index in [-0.39, 0.29) is 18.9 Å². The molecule has 1 spiro atoms. The molecule has 10 heteroatoms. The molecule has 2 fully saturated rings. The Morgan fingerprint density at radius 2 is 1.90 bits per heavy atom. The number of carbonyl (C=O) groups is 4. The zero-order valence-electron chi connectivity index (χ0n) is 15.7. The molecule has 1 N–H and O–H groups in total. The maximum atomic E-state index is 13.1. The fourth-order valence-corrected chi connectivity index (χ4v) is 3.74. The third-order valence-corrected chi connectivity index (χ3v) is 5.26. The Labute approximate surface area is 166 Å². The van der Waals surface area contributed by atoms with E-state index in [1.54, 1.807) is 29.2 Å². The van der Waals surface area contributed by atoms with Gasteiger partial charge in [-0.1, -0.05) is 18.2 Å². The molecule has 0 aliphatic carbocycles.